The smallest absolute Gasteiger partial charge is 0.266 e. The number of thioether (sulfide) groups is 1. The Labute approximate surface area is 209 Å². The summed E-state index contributed by atoms with van der Waals surface area (Å²) in [6.45, 7) is 4.96. The number of hydrogen-bond acceptors (Lipinski definition) is 5. The number of benzene rings is 3. The Morgan fingerprint density at radius 3 is 2.46 bits per heavy atom. The lowest BCUT2D eigenvalue weighted by molar-refractivity contribution is -0.122. The zero-order chi connectivity index (χ0) is 24.8. The van der Waals surface area contributed by atoms with Crippen LogP contribution in [0.3, 0.4) is 0 Å². The van der Waals surface area contributed by atoms with Gasteiger partial charge >= 0.3 is 0 Å². The van der Waals surface area contributed by atoms with E-state index in [0.29, 0.717) is 28.1 Å². The summed E-state index contributed by atoms with van der Waals surface area (Å²) >= 11 is 1.37. The van der Waals surface area contributed by atoms with Gasteiger partial charge in [0.05, 0.1) is 17.7 Å². The van der Waals surface area contributed by atoms with Gasteiger partial charge in [0.2, 0.25) is 0 Å². The first-order chi connectivity index (χ1) is 17.0. The van der Waals surface area contributed by atoms with Crippen LogP contribution in [0.15, 0.2) is 76.6 Å². The molecule has 35 heavy (non-hydrogen) atoms. The molecule has 0 bridgehead atoms. The Bertz CT molecular complexity index is 1250. The second-order valence-corrected chi connectivity index (χ2v) is 9.13. The van der Waals surface area contributed by atoms with Gasteiger partial charge in [0.25, 0.3) is 5.91 Å². The molecule has 1 fully saturated rings. The minimum atomic E-state index is -0.285. The number of methoxy groups -OCH3 is 1. The highest BCUT2D eigenvalue weighted by Gasteiger charge is 2.32. The zero-order valence-corrected chi connectivity index (χ0v) is 20.8. The molecule has 1 heterocycles. The molecule has 5 nitrogen and oxygen atoms in total. The highest BCUT2D eigenvalue weighted by atomic mass is 32.2. The normalized spacial score (nSPS) is 15.8. The number of ether oxygens (including phenoxy) is 2. The van der Waals surface area contributed by atoms with E-state index in [1.807, 2.05) is 62.4 Å². The maximum atomic E-state index is 13.1. The maximum Gasteiger partial charge on any atom is 0.266 e. The highest BCUT2D eigenvalue weighted by molar-refractivity contribution is 8.18. The zero-order valence-electron chi connectivity index (χ0n) is 20.0. The molecule has 0 unspecified atom stereocenters. The summed E-state index contributed by atoms with van der Waals surface area (Å²) in [6.07, 6.45) is 2.68. The molecule has 3 aromatic rings. The quantitative estimate of drug-likeness (QED) is 0.328. The monoisotopic (exact) mass is 490 g/mol. The lowest BCUT2D eigenvalue weighted by Gasteiger charge is -2.14. The van der Waals surface area contributed by atoms with Crippen molar-refractivity contribution in [2.45, 2.75) is 26.9 Å². The molecule has 0 saturated carbocycles. The molecule has 180 valence electrons. The number of halogens is 1. The minimum absolute atomic E-state index is 0.0571. The third-order valence-corrected chi connectivity index (χ3v) is 6.39. The van der Waals surface area contributed by atoms with Crippen LogP contribution >= 0.6 is 11.8 Å². The van der Waals surface area contributed by atoms with E-state index < -0.39 is 0 Å². The van der Waals surface area contributed by atoms with Gasteiger partial charge in [-0.25, -0.2) is 9.38 Å². The summed E-state index contributed by atoms with van der Waals surface area (Å²) in [7, 11) is 1.57. The predicted molar refractivity (Wildman–Crippen MR) is 140 cm³/mol. The molecule has 1 aliphatic rings. The van der Waals surface area contributed by atoms with Crippen molar-refractivity contribution in [1.82, 2.24) is 4.90 Å². The summed E-state index contributed by atoms with van der Waals surface area (Å²) in [5.41, 5.74) is 3.65. The summed E-state index contributed by atoms with van der Waals surface area (Å²) in [6, 6.07) is 19.6. The number of carbonyl (C=O) groups excluding carboxylic acids is 1. The van der Waals surface area contributed by atoms with Gasteiger partial charge in [-0.05, 0) is 78.7 Å². The number of aryl methyl sites for hydroxylation is 1. The van der Waals surface area contributed by atoms with Gasteiger partial charge in [-0.3, -0.25) is 9.69 Å². The molecule has 0 aromatic heterocycles. The van der Waals surface area contributed by atoms with Gasteiger partial charge < -0.3 is 9.47 Å². The van der Waals surface area contributed by atoms with Gasteiger partial charge in [-0.1, -0.05) is 42.8 Å². The Balaban J connectivity index is 1.54. The van der Waals surface area contributed by atoms with Gasteiger partial charge in [0.15, 0.2) is 16.7 Å². The van der Waals surface area contributed by atoms with Crippen LogP contribution in [0.1, 0.15) is 30.0 Å². The summed E-state index contributed by atoms with van der Waals surface area (Å²) in [5, 5.41) is 0.679. The molecule has 0 N–H and O–H groups in total. The van der Waals surface area contributed by atoms with E-state index in [-0.39, 0.29) is 18.3 Å². The third-order valence-electron chi connectivity index (χ3n) is 5.39. The first-order valence-corrected chi connectivity index (χ1v) is 12.2. The number of carbonyl (C=O) groups is 1. The second kappa shape index (κ2) is 11.2. The lowest BCUT2D eigenvalue weighted by Crippen LogP contribution is -2.29. The molecular formula is C28H27FN2O3S. The SMILES string of the molecule is CCCN1C(=O)/C(=C\c2ccc(OCc3ccc(F)cc3)c(OC)c2)SC1=Nc1ccc(C)cc1. The average molecular weight is 491 g/mol. The molecule has 0 aliphatic carbocycles. The van der Waals surface area contributed by atoms with E-state index >= 15 is 0 Å². The molecule has 7 heteroatoms. The van der Waals surface area contributed by atoms with Crippen LogP contribution in [-0.4, -0.2) is 29.6 Å². The Hall–Kier alpha value is -3.58. The van der Waals surface area contributed by atoms with Crippen LogP contribution in [0.25, 0.3) is 6.08 Å². The van der Waals surface area contributed by atoms with E-state index in [1.165, 1.54) is 23.9 Å². The first-order valence-electron chi connectivity index (χ1n) is 11.4. The summed E-state index contributed by atoms with van der Waals surface area (Å²) in [5.74, 6) is 0.778. The van der Waals surface area contributed by atoms with E-state index in [4.69, 9.17) is 14.5 Å². The molecule has 1 aliphatic heterocycles. The lowest BCUT2D eigenvalue weighted by atomic mass is 10.1. The van der Waals surface area contributed by atoms with Crippen LogP contribution < -0.4 is 9.47 Å². The van der Waals surface area contributed by atoms with Crippen molar-refractivity contribution in [2.24, 2.45) is 4.99 Å². The predicted octanol–water partition coefficient (Wildman–Crippen LogP) is 6.74. The number of amides is 1. The van der Waals surface area contributed by atoms with E-state index in [9.17, 15) is 9.18 Å². The largest absolute Gasteiger partial charge is 0.493 e. The van der Waals surface area contributed by atoms with Crippen LogP contribution in [0.5, 0.6) is 11.5 Å². The molecule has 0 atom stereocenters. The van der Waals surface area contributed by atoms with Gasteiger partial charge in [0, 0.05) is 6.54 Å². The first kappa shape index (κ1) is 24.5. The Morgan fingerprint density at radius 1 is 1.03 bits per heavy atom. The Morgan fingerprint density at radius 2 is 1.77 bits per heavy atom. The maximum absolute atomic E-state index is 13.1. The minimum Gasteiger partial charge on any atom is -0.493 e. The molecule has 1 saturated heterocycles. The van der Waals surface area contributed by atoms with Crippen LogP contribution in [0, 0.1) is 12.7 Å². The fraction of sp³-hybridized carbons (Fsp3) is 0.214. The van der Waals surface area contributed by atoms with Crippen molar-refractivity contribution in [3.05, 3.63) is 94.1 Å². The third kappa shape index (κ3) is 6.11. The van der Waals surface area contributed by atoms with Crippen molar-refractivity contribution in [1.29, 1.82) is 0 Å². The van der Waals surface area contributed by atoms with E-state index in [1.54, 1.807) is 24.1 Å². The number of rotatable bonds is 8. The van der Waals surface area contributed by atoms with Crippen LogP contribution in [0.2, 0.25) is 0 Å². The van der Waals surface area contributed by atoms with Crippen molar-refractivity contribution in [2.75, 3.05) is 13.7 Å². The van der Waals surface area contributed by atoms with Crippen molar-refractivity contribution < 1.29 is 18.7 Å². The highest BCUT2D eigenvalue weighted by Crippen LogP contribution is 2.36. The van der Waals surface area contributed by atoms with Gasteiger partial charge in [-0.15, -0.1) is 0 Å². The standard InChI is InChI=1S/C28H27FN2O3S/c1-4-15-31-27(32)26(35-28(31)30-23-12-5-19(2)6-13-23)17-21-9-14-24(25(16-21)33-3)34-18-20-7-10-22(29)11-8-20/h5-14,16-17H,4,15,18H2,1-3H3/b26-17+,30-28?. The molecule has 4 rings (SSSR count). The topological polar surface area (TPSA) is 51.1 Å². The van der Waals surface area contributed by atoms with E-state index in [2.05, 4.69) is 0 Å². The molecule has 1 amide bonds. The fourth-order valence-electron chi connectivity index (χ4n) is 3.53. The van der Waals surface area contributed by atoms with Crippen molar-refractivity contribution in [3.8, 4) is 11.5 Å². The summed E-state index contributed by atoms with van der Waals surface area (Å²) < 4.78 is 24.5. The molecule has 0 radical (unpaired) electrons. The number of aliphatic imine (C=N–C) groups is 1. The van der Waals surface area contributed by atoms with Gasteiger partial charge in [0.1, 0.15) is 12.4 Å². The fourth-order valence-corrected chi connectivity index (χ4v) is 4.55. The second-order valence-electron chi connectivity index (χ2n) is 8.12. The number of amidine groups is 1. The average Bonchev–Trinajstić information content (AvgIpc) is 3.14. The Kier molecular flexibility index (Phi) is 7.87. The number of hydrogen-bond donors (Lipinski definition) is 0. The van der Waals surface area contributed by atoms with Crippen LogP contribution in [0.4, 0.5) is 10.1 Å². The van der Waals surface area contributed by atoms with E-state index in [0.717, 1.165) is 28.8 Å². The summed E-state index contributed by atoms with van der Waals surface area (Å²) in [4.78, 5) is 20.2. The van der Waals surface area contributed by atoms with Crippen LogP contribution in [-0.2, 0) is 11.4 Å². The van der Waals surface area contributed by atoms with Crippen molar-refractivity contribution >= 4 is 34.6 Å². The molecule has 3 aromatic carbocycles. The molecular weight excluding hydrogens is 463 g/mol. The van der Waals surface area contributed by atoms with Gasteiger partial charge in [-0.2, -0.15) is 0 Å². The molecule has 0 spiro atoms. The van der Waals surface area contributed by atoms with Crippen molar-refractivity contribution in [3.63, 3.8) is 0 Å². The number of nitrogens with zero attached hydrogens (tertiary/aromatic N) is 2.